The molecule has 0 radical (unpaired) electrons. The van der Waals surface area contributed by atoms with E-state index in [9.17, 15) is 14.4 Å². The Kier molecular flexibility index (Phi) is 7.31. The van der Waals surface area contributed by atoms with Gasteiger partial charge in [0.05, 0.1) is 19.6 Å². The molecule has 0 spiro atoms. The first kappa shape index (κ1) is 18.4. The summed E-state index contributed by atoms with van der Waals surface area (Å²) in [5.74, 6) is -0.973. The van der Waals surface area contributed by atoms with Gasteiger partial charge in [-0.1, -0.05) is 13.8 Å². The van der Waals surface area contributed by atoms with Crippen molar-refractivity contribution < 1.29 is 23.9 Å². The van der Waals surface area contributed by atoms with Crippen LogP contribution >= 0.6 is 0 Å². The van der Waals surface area contributed by atoms with Crippen molar-refractivity contribution in [2.75, 3.05) is 33.9 Å². The van der Waals surface area contributed by atoms with Gasteiger partial charge in [-0.05, 0) is 12.3 Å². The lowest BCUT2D eigenvalue weighted by atomic mass is 10.0. The van der Waals surface area contributed by atoms with Crippen LogP contribution < -0.4 is 5.32 Å². The fourth-order valence-corrected chi connectivity index (χ4v) is 2.48. The average Bonchev–Trinajstić information content (AvgIpc) is 2.84. The predicted molar refractivity (Wildman–Crippen MR) is 80.0 cm³/mol. The smallest absolute Gasteiger partial charge is 0.328 e. The minimum atomic E-state index is -0.666. The van der Waals surface area contributed by atoms with Crippen LogP contribution in [0.1, 0.15) is 26.7 Å². The molecule has 0 saturated carbocycles. The van der Waals surface area contributed by atoms with Gasteiger partial charge in [-0.2, -0.15) is 0 Å². The fraction of sp³-hybridized carbons (Fsp3) is 0.800. The topological polar surface area (TPSA) is 84.9 Å². The molecule has 7 heteroatoms. The molecule has 1 N–H and O–H groups in total. The van der Waals surface area contributed by atoms with Crippen molar-refractivity contribution in [1.82, 2.24) is 10.2 Å². The molecule has 0 aromatic carbocycles. The summed E-state index contributed by atoms with van der Waals surface area (Å²) in [7, 11) is 2.87. The van der Waals surface area contributed by atoms with Crippen molar-refractivity contribution in [2.24, 2.45) is 11.8 Å². The van der Waals surface area contributed by atoms with E-state index < -0.39 is 17.9 Å². The van der Waals surface area contributed by atoms with Crippen molar-refractivity contribution in [3.05, 3.63) is 0 Å². The molecule has 1 heterocycles. The molecular formula is C15H26N2O5. The number of nitrogens with zero attached hydrogens (tertiary/aromatic N) is 1. The van der Waals surface area contributed by atoms with E-state index in [2.05, 4.69) is 5.32 Å². The first-order chi connectivity index (χ1) is 10.4. The molecule has 1 saturated heterocycles. The molecule has 1 aliphatic rings. The summed E-state index contributed by atoms with van der Waals surface area (Å²) in [4.78, 5) is 37.5. The first-order valence-electron chi connectivity index (χ1n) is 7.54. The molecule has 0 bridgehead atoms. The minimum Gasteiger partial charge on any atom is -0.467 e. The third-order valence-electron chi connectivity index (χ3n) is 3.66. The van der Waals surface area contributed by atoms with E-state index in [-0.39, 0.29) is 24.2 Å². The van der Waals surface area contributed by atoms with Crippen LogP contribution in [0, 0.1) is 11.8 Å². The van der Waals surface area contributed by atoms with Gasteiger partial charge in [-0.3, -0.25) is 9.59 Å². The summed E-state index contributed by atoms with van der Waals surface area (Å²) in [6.45, 7) is 5.22. The van der Waals surface area contributed by atoms with E-state index in [1.54, 1.807) is 12.0 Å². The molecule has 1 aliphatic heterocycles. The van der Waals surface area contributed by atoms with Gasteiger partial charge in [0.15, 0.2) is 0 Å². The molecule has 2 unspecified atom stereocenters. The maximum Gasteiger partial charge on any atom is 0.328 e. The monoisotopic (exact) mass is 314 g/mol. The van der Waals surface area contributed by atoms with Gasteiger partial charge >= 0.3 is 5.97 Å². The molecule has 1 fully saturated rings. The summed E-state index contributed by atoms with van der Waals surface area (Å²) >= 11 is 0. The van der Waals surface area contributed by atoms with Crippen LogP contribution in [0.2, 0.25) is 0 Å². The summed E-state index contributed by atoms with van der Waals surface area (Å²) in [5.41, 5.74) is 0. The summed E-state index contributed by atoms with van der Waals surface area (Å²) in [6, 6.07) is -0.666. The Balaban J connectivity index is 2.59. The fourth-order valence-electron chi connectivity index (χ4n) is 2.48. The number of esters is 1. The van der Waals surface area contributed by atoms with E-state index in [4.69, 9.17) is 9.47 Å². The Morgan fingerprint density at radius 3 is 2.59 bits per heavy atom. The lowest BCUT2D eigenvalue weighted by Gasteiger charge is -2.20. The third kappa shape index (κ3) is 5.29. The van der Waals surface area contributed by atoms with Crippen molar-refractivity contribution in [3.63, 3.8) is 0 Å². The number of hydrogen-bond acceptors (Lipinski definition) is 5. The molecule has 2 amide bonds. The lowest BCUT2D eigenvalue weighted by Crippen LogP contribution is -2.45. The molecular weight excluding hydrogens is 288 g/mol. The Bertz CT molecular complexity index is 411. The van der Waals surface area contributed by atoms with Gasteiger partial charge in [0.25, 0.3) is 0 Å². The standard InChI is InChI=1S/C15H26N2O5/c1-10(2)7-12(15(20)22-4)16-14(19)11-8-13(18)17(9-11)5-6-21-3/h10-12H,5-9H2,1-4H3,(H,16,19). The second-order valence-corrected chi connectivity index (χ2v) is 5.95. The molecule has 7 nitrogen and oxygen atoms in total. The number of carbonyl (C=O) groups excluding carboxylic acids is 3. The highest BCUT2D eigenvalue weighted by Gasteiger charge is 2.35. The van der Waals surface area contributed by atoms with Crippen LogP contribution in [0.4, 0.5) is 0 Å². The molecule has 126 valence electrons. The van der Waals surface area contributed by atoms with E-state index >= 15 is 0 Å². The molecule has 0 aliphatic carbocycles. The van der Waals surface area contributed by atoms with Gasteiger partial charge in [-0.15, -0.1) is 0 Å². The molecule has 22 heavy (non-hydrogen) atoms. The van der Waals surface area contributed by atoms with Crippen molar-refractivity contribution >= 4 is 17.8 Å². The number of amides is 2. The number of methoxy groups -OCH3 is 2. The zero-order valence-corrected chi connectivity index (χ0v) is 13.8. The highest BCUT2D eigenvalue weighted by Crippen LogP contribution is 2.18. The largest absolute Gasteiger partial charge is 0.467 e. The molecule has 0 aromatic rings. The summed E-state index contributed by atoms with van der Waals surface area (Å²) in [6.07, 6.45) is 0.678. The highest BCUT2D eigenvalue weighted by molar-refractivity contribution is 5.91. The van der Waals surface area contributed by atoms with Gasteiger partial charge in [-0.25, -0.2) is 4.79 Å². The van der Waals surface area contributed by atoms with Crippen LogP contribution in [0.5, 0.6) is 0 Å². The number of hydrogen-bond donors (Lipinski definition) is 1. The highest BCUT2D eigenvalue weighted by atomic mass is 16.5. The van der Waals surface area contributed by atoms with Gasteiger partial charge < -0.3 is 19.7 Å². The number of carbonyl (C=O) groups is 3. The Morgan fingerprint density at radius 2 is 2.05 bits per heavy atom. The van der Waals surface area contributed by atoms with Crippen LogP contribution in [0.25, 0.3) is 0 Å². The normalized spacial score (nSPS) is 19.4. The Morgan fingerprint density at radius 1 is 1.36 bits per heavy atom. The zero-order chi connectivity index (χ0) is 16.7. The lowest BCUT2D eigenvalue weighted by molar-refractivity contribution is -0.146. The summed E-state index contributed by atoms with van der Waals surface area (Å²) < 4.78 is 9.67. The number of likely N-dealkylation sites (tertiary alicyclic amines) is 1. The van der Waals surface area contributed by atoms with Crippen LogP contribution in [0.15, 0.2) is 0 Å². The van der Waals surface area contributed by atoms with E-state index in [1.165, 1.54) is 7.11 Å². The number of nitrogens with one attached hydrogen (secondary N) is 1. The van der Waals surface area contributed by atoms with E-state index in [1.807, 2.05) is 13.8 Å². The second-order valence-electron chi connectivity index (χ2n) is 5.95. The van der Waals surface area contributed by atoms with Crippen LogP contribution in [0.3, 0.4) is 0 Å². The Labute approximate surface area is 131 Å². The van der Waals surface area contributed by atoms with Gasteiger partial charge in [0, 0.05) is 26.6 Å². The quantitative estimate of drug-likeness (QED) is 0.646. The Hall–Kier alpha value is -1.63. The number of ether oxygens (including phenoxy) is 2. The van der Waals surface area contributed by atoms with Crippen LogP contribution in [-0.2, 0) is 23.9 Å². The van der Waals surface area contributed by atoms with Crippen molar-refractivity contribution in [1.29, 1.82) is 0 Å². The second kappa shape index (κ2) is 8.73. The van der Waals surface area contributed by atoms with Gasteiger partial charge in [0.2, 0.25) is 11.8 Å². The van der Waals surface area contributed by atoms with E-state index in [0.29, 0.717) is 26.1 Å². The maximum atomic E-state index is 12.3. The number of rotatable bonds is 8. The molecule has 1 rings (SSSR count). The first-order valence-corrected chi connectivity index (χ1v) is 7.54. The van der Waals surface area contributed by atoms with Crippen molar-refractivity contribution in [3.8, 4) is 0 Å². The maximum absolute atomic E-state index is 12.3. The van der Waals surface area contributed by atoms with E-state index in [0.717, 1.165) is 0 Å². The SMILES string of the molecule is COCCN1CC(C(=O)NC(CC(C)C)C(=O)OC)CC1=O. The average molecular weight is 314 g/mol. The van der Waals surface area contributed by atoms with Crippen LogP contribution in [-0.4, -0.2) is 62.6 Å². The summed E-state index contributed by atoms with van der Waals surface area (Å²) in [5, 5.41) is 2.71. The molecule has 2 atom stereocenters. The van der Waals surface area contributed by atoms with Gasteiger partial charge in [0.1, 0.15) is 6.04 Å². The third-order valence-corrected chi connectivity index (χ3v) is 3.66. The predicted octanol–water partition coefficient (Wildman–Crippen LogP) is 0.185. The zero-order valence-electron chi connectivity index (χ0n) is 13.8. The minimum absolute atomic E-state index is 0.0596. The van der Waals surface area contributed by atoms with Crippen molar-refractivity contribution in [2.45, 2.75) is 32.7 Å². The molecule has 0 aromatic heterocycles.